The molecular weight excluding hydrogens is 380 g/mol. The molecule has 110 valence electrons. The molecule has 2 aromatic rings. The molecule has 6 heteroatoms. The van der Waals surface area contributed by atoms with Gasteiger partial charge in [-0.2, -0.15) is 0 Å². The minimum Gasteiger partial charge on any atom is -0.493 e. The van der Waals surface area contributed by atoms with Crippen molar-refractivity contribution in [1.29, 1.82) is 0 Å². The number of benzene rings is 2. The van der Waals surface area contributed by atoms with E-state index in [-0.39, 0.29) is 10.0 Å². The molecule has 0 amide bonds. The SMILES string of the molecule is Fc1c(Cl)cc(NCc2cc(Br)cc3c2OCC3)cc1Cl. The van der Waals surface area contributed by atoms with E-state index in [4.69, 9.17) is 27.9 Å². The summed E-state index contributed by atoms with van der Waals surface area (Å²) in [4.78, 5) is 0. The predicted octanol–water partition coefficient (Wildman–Crippen LogP) is 5.44. The molecule has 0 atom stereocenters. The molecule has 1 N–H and O–H groups in total. The average molecular weight is 391 g/mol. The van der Waals surface area contributed by atoms with Crippen LogP contribution >= 0.6 is 39.1 Å². The van der Waals surface area contributed by atoms with Crippen molar-refractivity contribution in [2.24, 2.45) is 0 Å². The number of fused-ring (bicyclic) bond motifs is 1. The van der Waals surface area contributed by atoms with E-state index in [9.17, 15) is 4.39 Å². The number of hydrogen-bond donors (Lipinski definition) is 1. The first-order valence-electron chi connectivity index (χ1n) is 6.37. The van der Waals surface area contributed by atoms with E-state index >= 15 is 0 Å². The molecule has 0 unspecified atom stereocenters. The average Bonchev–Trinajstić information content (AvgIpc) is 2.90. The maximum absolute atomic E-state index is 13.4. The number of hydrogen-bond acceptors (Lipinski definition) is 2. The number of halogens is 4. The van der Waals surface area contributed by atoms with Gasteiger partial charge in [0.15, 0.2) is 5.82 Å². The second kappa shape index (κ2) is 6.03. The van der Waals surface area contributed by atoms with Crippen LogP contribution in [0.15, 0.2) is 28.7 Å². The normalized spacial score (nSPS) is 13.0. The molecule has 0 aromatic heterocycles. The van der Waals surface area contributed by atoms with Crippen LogP contribution < -0.4 is 10.1 Å². The Morgan fingerprint density at radius 3 is 2.62 bits per heavy atom. The predicted molar refractivity (Wildman–Crippen MR) is 87.1 cm³/mol. The van der Waals surface area contributed by atoms with Gasteiger partial charge in [-0.25, -0.2) is 4.39 Å². The van der Waals surface area contributed by atoms with Gasteiger partial charge in [-0.1, -0.05) is 39.1 Å². The first-order valence-corrected chi connectivity index (χ1v) is 7.92. The van der Waals surface area contributed by atoms with Gasteiger partial charge in [-0.3, -0.25) is 0 Å². The fraction of sp³-hybridized carbons (Fsp3) is 0.200. The Balaban J connectivity index is 1.83. The lowest BCUT2D eigenvalue weighted by Crippen LogP contribution is -2.02. The van der Waals surface area contributed by atoms with Gasteiger partial charge in [0.1, 0.15) is 5.75 Å². The molecule has 21 heavy (non-hydrogen) atoms. The molecule has 3 rings (SSSR count). The molecule has 0 saturated heterocycles. The standard InChI is InChI=1S/C15H11BrCl2FNO/c16-10-3-8-1-2-21-15(8)9(4-10)7-20-11-5-12(17)14(19)13(18)6-11/h3-6,20H,1-2,7H2. The maximum atomic E-state index is 13.4. The van der Waals surface area contributed by atoms with E-state index in [2.05, 4.69) is 27.3 Å². The first kappa shape index (κ1) is 14.9. The highest BCUT2D eigenvalue weighted by Crippen LogP contribution is 2.34. The van der Waals surface area contributed by atoms with E-state index in [1.807, 2.05) is 6.07 Å². The molecule has 1 aliphatic heterocycles. The molecule has 0 saturated carbocycles. The van der Waals surface area contributed by atoms with Crippen molar-refractivity contribution in [2.75, 3.05) is 11.9 Å². The summed E-state index contributed by atoms with van der Waals surface area (Å²) in [6.07, 6.45) is 0.913. The summed E-state index contributed by atoms with van der Waals surface area (Å²) < 4.78 is 20.1. The van der Waals surface area contributed by atoms with E-state index in [1.165, 1.54) is 17.7 Å². The second-order valence-corrected chi connectivity index (χ2v) is 6.49. The summed E-state index contributed by atoms with van der Waals surface area (Å²) in [5.74, 6) is 0.320. The molecule has 0 fully saturated rings. The summed E-state index contributed by atoms with van der Waals surface area (Å²) >= 11 is 15.1. The third-order valence-electron chi connectivity index (χ3n) is 3.29. The van der Waals surface area contributed by atoms with Crippen LogP contribution in [0.5, 0.6) is 5.75 Å². The van der Waals surface area contributed by atoms with Gasteiger partial charge in [0.25, 0.3) is 0 Å². The van der Waals surface area contributed by atoms with Crippen molar-refractivity contribution >= 4 is 44.8 Å². The van der Waals surface area contributed by atoms with Gasteiger partial charge in [0.2, 0.25) is 0 Å². The lowest BCUT2D eigenvalue weighted by molar-refractivity contribution is 0.354. The summed E-state index contributed by atoms with van der Waals surface area (Å²) in [5, 5.41) is 3.19. The van der Waals surface area contributed by atoms with Gasteiger partial charge in [0, 0.05) is 28.7 Å². The monoisotopic (exact) mass is 389 g/mol. The van der Waals surface area contributed by atoms with E-state index in [0.717, 1.165) is 22.2 Å². The molecule has 0 bridgehead atoms. The van der Waals surface area contributed by atoms with Crippen LogP contribution in [0.25, 0.3) is 0 Å². The van der Waals surface area contributed by atoms with E-state index in [0.29, 0.717) is 18.8 Å². The van der Waals surface area contributed by atoms with Crippen molar-refractivity contribution < 1.29 is 9.13 Å². The van der Waals surface area contributed by atoms with Crippen molar-refractivity contribution in [3.05, 3.63) is 55.7 Å². The number of ether oxygens (including phenoxy) is 1. The summed E-state index contributed by atoms with van der Waals surface area (Å²) in [6, 6.07) is 7.10. The fourth-order valence-corrected chi connectivity index (χ4v) is 3.37. The summed E-state index contributed by atoms with van der Waals surface area (Å²) in [7, 11) is 0. The van der Waals surface area contributed by atoms with Crippen molar-refractivity contribution in [3.63, 3.8) is 0 Å². The highest BCUT2D eigenvalue weighted by atomic mass is 79.9. The lowest BCUT2D eigenvalue weighted by atomic mass is 10.1. The molecule has 2 aromatic carbocycles. The van der Waals surface area contributed by atoms with Crippen LogP contribution in [-0.2, 0) is 13.0 Å². The van der Waals surface area contributed by atoms with Gasteiger partial charge >= 0.3 is 0 Å². The van der Waals surface area contributed by atoms with Crippen LogP contribution in [0.4, 0.5) is 10.1 Å². The zero-order chi connectivity index (χ0) is 15.0. The Bertz CT molecular complexity index is 685. The first-order chi connectivity index (χ1) is 10.0. The highest BCUT2D eigenvalue weighted by Gasteiger charge is 2.17. The summed E-state index contributed by atoms with van der Waals surface area (Å²) in [5.41, 5.74) is 2.89. The lowest BCUT2D eigenvalue weighted by Gasteiger charge is -2.12. The topological polar surface area (TPSA) is 21.3 Å². The quantitative estimate of drug-likeness (QED) is 0.704. The minimum absolute atomic E-state index is 0.000668. The Hall–Kier alpha value is -0.970. The van der Waals surface area contributed by atoms with Crippen LogP contribution in [0.3, 0.4) is 0 Å². The maximum Gasteiger partial charge on any atom is 0.160 e. The fourth-order valence-electron chi connectivity index (χ4n) is 2.33. The largest absolute Gasteiger partial charge is 0.493 e. The molecule has 0 radical (unpaired) electrons. The van der Waals surface area contributed by atoms with Gasteiger partial charge in [0.05, 0.1) is 16.7 Å². The zero-order valence-electron chi connectivity index (χ0n) is 10.9. The van der Waals surface area contributed by atoms with Crippen molar-refractivity contribution in [2.45, 2.75) is 13.0 Å². The van der Waals surface area contributed by atoms with Crippen molar-refractivity contribution in [1.82, 2.24) is 0 Å². The third kappa shape index (κ3) is 3.12. The molecule has 1 heterocycles. The molecule has 1 aliphatic rings. The number of nitrogens with one attached hydrogen (secondary N) is 1. The molecular formula is C15H11BrCl2FNO. The molecule has 0 aliphatic carbocycles. The third-order valence-corrected chi connectivity index (χ3v) is 4.30. The number of anilines is 1. The van der Waals surface area contributed by atoms with Crippen molar-refractivity contribution in [3.8, 4) is 5.75 Å². The van der Waals surface area contributed by atoms with Crippen LogP contribution in [0.2, 0.25) is 10.0 Å². The summed E-state index contributed by atoms with van der Waals surface area (Å²) in [6.45, 7) is 1.24. The smallest absolute Gasteiger partial charge is 0.160 e. The van der Waals surface area contributed by atoms with Crippen LogP contribution in [-0.4, -0.2) is 6.61 Å². The van der Waals surface area contributed by atoms with Gasteiger partial charge in [-0.15, -0.1) is 0 Å². The highest BCUT2D eigenvalue weighted by molar-refractivity contribution is 9.10. The minimum atomic E-state index is -0.601. The Labute approximate surface area is 140 Å². The molecule has 0 spiro atoms. The van der Waals surface area contributed by atoms with Crippen LogP contribution in [0.1, 0.15) is 11.1 Å². The van der Waals surface area contributed by atoms with E-state index in [1.54, 1.807) is 0 Å². The van der Waals surface area contributed by atoms with E-state index < -0.39 is 5.82 Å². The second-order valence-electron chi connectivity index (χ2n) is 4.76. The zero-order valence-corrected chi connectivity index (χ0v) is 13.9. The van der Waals surface area contributed by atoms with Gasteiger partial charge < -0.3 is 10.1 Å². The number of rotatable bonds is 3. The Morgan fingerprint density at radius 2 is 1.90 bits per heavy atom. The molecule has 2 nitrogen and oxygen atoms in total. The van der Waals surface area contributed by atoms with Gasteiger partial charge in [-0.05, 0) is 29.8 Å². The Morgan fingerprint density at radius 1 is 1.19 bits per heavy atom. The van der Waals surface area contributed by atoms with Crippen LogP contribution in [0, 0.1) is 5.82 Å². The Kier molecular flexibility index (Phi) is 4.29.